The molecule has 1 radical (unpaired) electrons. The zero-order valence-corrected chi connectivity index (χ0v) is 12.4. The molecule has 1 heterocycles. The molecule has 0 aliphatic carbocycles. The summed E-state index contributed by atoms with van der Waals surface area (Å²) >= 11 is 0. The second-order valence-electron chi connectivity index (χ2n) is 5.55. The Bertz CT molecular complexity index is 547. The lowest BCUT2D eigenvalue weighted by atomic mass is 10.0. The second kappa shape index (κ2) is 7.39. The van der Waals surface area contributed by atoms with Crippen molar-refractivity contribution < 1.29 is 4.74 Å². The van der Waals surface area contributed by atoms with Gasteiger partial charge < -0.3 is 4.74 Å². The summed E-state index contributed by atoms with van der Waals surface area (Å²) in [7, 11) is 0. The smallest absolute Gasteiger partial charge is 0.0594 e. The molecule has 1 aliphatic rings. The lowest BCUT2D eigenvalue weighted by molar-refractivity contribution is 0.0375. The second-order valence-corrected chi connectivity index (χ2v) is 5.55. The van der Waals surface area contributed by atoms with Gasteiger partial charge >= 0.3 is 0 Å². The molecule has 2 nitrogen and oxygen atoms in total. The number of morpholine rings is 1. The third-order valence-electron chi connectivity index (χ3n) is 4.02. The first-order chi connectivity index (χ1) is 10.4. The highest BCUT2D eigenvalue weighted by Crippen LogP contribution is 2.20. The zero-order chi connectivity index (χ0) is 14.3. The molecule has 0 aromatic heterocycles. The molecule has 0 atom stereocenters. The lowest BCUT2D eigenvalue weighted by Gasteiger charge is -2.26. The first-order valence-electron chi connectivity index (χ1n) is 7.77. The summed E-state index contributed by atoms with van der Waals surface area (Å²) in [6.07, 6.45) is 2.36. The molecule has 0 N–H and O–H groups in total. The average Bonchev–Trinajstić information content (AvgIpc) is 2.57. The van der Waals surface area contributed by atoms with Crippen LogP contribution in [-0.4, -0.2) is 37.7 Å². The van der Waals surface area contributed by atoms with Crippen molar-refractivity contribution in [2.75, 3.05) is 32.8 Å². The Balaban J connectivity index is 1.56. The van der Waals surface area contributed by atoms with Gasteiger partial charge in [-0.2, -0.15) is 0 Å². The summed E-state index contributed by atoms with van der Waals surface area (Å²) in [5, 5.41) is 0. The van der Waals surface area contributed by atoms with E-state index in [1.807, 2.05) is 12.1 Å². The number of aryl methyl sites for hydroxylation is 1. The van der Waals surface area contributed by atoms with Gasteiger partial charge in [0.1, 0.15) is 0 Å². The minimum atomic E-state index is 0.889. The molecule has 2 heteroatoms. The molecular weight excluding hydrogens is 258 g/mol. The van der Waals surface area contributed by atoms with Gasteiger partial charge in [-0.05, 0) is 42.1 Å². The van der Waals surface area contributed by atoms with Crippen LogP contribution < -0.4 is 0 Å². The highest BCUT2D eigenvalue weighted by atomic mass is 16.5. The molecule has 109 valence electrons. The molecule has 21 heavy (non-hydrogen) atoms. The maximum atomic E-state index is 5.38. The molecule has 0 unspecified atom stereocenters. The molecule has 2 aromatic carbocycles. The van der Waals surface area contributed by atoms with Crippen molar-refractivity contribution in [3.05, 3.63) is 60.2 Å². The Kier molecular flexibility index (Phi) is 5.03. The molecule has 0 amide bonds. The van der Waals surface area contributed by atoms with Gasteiger partial charge in [0.25, 0.3) is 0 Å². The van der Waals surface area contributed by atoms with E-state index in [0.29, 0.717) is 0 Å². The summed E-state index contributed by atoms with van der Waals surface area (Å²) in [5.41, 5.74) is 3.99. The summed E-state index contributed by atoms with van der Waals surface area (Å²) in [4.78, 5) is 2.50. The third kappa shape index (κ3) is 4.16. The molecule has 2 aromatic rings. The number of nitrogens with zero attached hydrogens (tertiary/aromatic N) is 1. The quantitative estimate of drug-likeness (QED) is 0.832. The van der Waals surface area contributed by atoms with Gasteiger partial charge in [-0.1, -0.05) is 48.5 Å². The minimum absolute atomic E-state index is 0.889. The Morgan fingerprint density at radius 3 is 2.62 bits per heavy atom. The van der Waals surface area contributed by atoms with E-state index in [0.717, 1.165) is 32.7 Å². The number of hydrogen-bond acceptors (Lipinski definition) is 2. The summed E-state index contributed by atoms with van der Waals surface area (Å²) in [6, 6.07) is 20.1. The van der Waals surface area contributed by atoms with Gasteiger partial charge in [-0.15, -0.1) is 0 Å². The molecule has 0 spiro atoms. The van der Waals surface area contributed by atoms with E-state index >= 15 is 0 Å². The van der Waals surface area contributed by atoms with Gasteiger partial charge in [0.2, 0.25) is 0 Å². The highest BCUT2D eigenvalue weighted by molar-refractivity contribution is 5.63. The predicted octanol–water partition coefficient (Wildman–Crippen LogP) is 3.42. The first kappa shape index (κ1) is 14.3. The van der Waals surface area contributed by atoms with Crippen molar-refractivity contribution in [2.45, 2.75) is 12.8 Å². The van der Waals surface area contributed by atoms with Crippen LogP contribution in [0.2, 0.25) is 0 Å². The Morgan fingerprint density at radius 2 is 1.81 bits per heavy atom. The van der Waals surface area contributed by atoms with Gasteiger partial charge in [-0.25, -0.2) is 0 Å². The standard InChI is InChI=1S/C19H22NO/c1-2-8-18(9-3-1)19-10-4-6-17(16-19)7-5-11-20-12-14-21-15-13-20/h2-4,6,8-10,16H,5,7,11-15H2. The molecule has 3 rings (SSSR count). The van der Waals surface area contributed by atoms with Crippen LogP contribution in [0.5, 0.6) is 0 Å². The van der Waals surface area contributed by atoms with Crippen molar-refractivity contribution in [2.24, 2.45) is 0 Å². The lowest BCUT2D eigenvalue weighted by Crippen LogP contribution is -2.36. The molecule has 1 aliphatic heterocycles. The molecule has 1 fully saturated rings. The zero-order valence-electron chi connectivity index (χ0n) is 12.4. The molecular formula is C19H22NO. The summed E-state index contributed by atoms with van der Waals surface area (Å²) < 4.78 is 5.38. The first-order valence-corrected chi connectivity index (χ1v) is 7.77. The van der Waals surface area contributed by atoms with Gasteiger partial charge in [0.05, 0.1) is 13.2 Å². The van der Waals surface area contributed by atoms with Gasteiger partial charge in [0.15, 0.2) is 0 Å². The van der Waals surface area contributed by atoms with E-state index in [9.17, 15) is 0 Å². The highest BCUT2D eigenvalue weighted by Gasteiger charge is 2.09. The van der Waals surface area contributed by atoms with Gasteiger partial charge in [-0.3, -0.25) is 4.90 Å². The largest absolute Gasteiger partial charge is 0.379 e. The van der Waals surface area contributed by atoms with Crippen molar-refractivity contribution in [3.63, 3.8) is 0 Å². The van der Waals surface area contributed by atoms with E-state index in [1.165, 1.54) is 29.7 Å². The third-order valence-corrected chi connectivity index (χ3v) is 4.02. The van der Waals surface area contributed by atoms with E-state index < -0.39 is 0 Å². The topological polar surface area (TPSA) is 12.5 Å². The van der Waals surface area contributed by atoms with E-state index in [2.05, 4.69) is 47.4 Å². The number of benzene rings is 2. The Labute approximate surface area is 127 Å². The van der Waals surface area contributed by atoms with Crippen molar-refractivity contribution in [1.29, 1.82) is 0 Å². The monoisotopic (exact) mass is 280 g/mol. The van der Waals surface area contributed by atoms with Crippen LogP contribution in [-0.2, 0) is 11.2 Å². The fourth-order valence-electron chi connectivity index (χ4n) is 2.82. The Morgan fingerprint density at radius 1 is 1.00 bits per heavy atom. The van der Waals surface area contributed by atoms with Crippen LogP contribution >= 0.6 is 0 Å². The fourth-order valence-corrected chi connectivity index (χ4v) is 2.82. The van der Waals surface area contributed by atoms with E-state index in [-0.39, 0.29) is 0 Å². The minimum Gasteiger partial charge on any atom is -0.379 e. The van der Waals surface area contributed by atoms with Crippen LogP contribution in [0.1, 0.15) is 12.0 Å². The van der Waals surface area contributed by atoms with Gasteiger partial charge in [0, 0.05) is 13.1 Å². The number of ether oxygens (including phenoxy) is 1. The van der Waals surface area contributed by atoms with E-state index in [4.69, 9.17) is 4.74 Å². The number of hydrogen-bond donors (Lipinski definition) is 0. The van der Waals surface area contributed by atoms with Crippen LogP contribution in [0.3, 0.4) is 0 Å². The summed E-state index contributed by atoms with van der Waals surface area (Å²) in [6.45, 7) is 5.12. The normalized spacial score (nSPS) is 16.0. The van der Waals surface area contributed by atoms with Crippen molar-refractivity contribution in [1.82, 2.24) is 4.90 Å². The average molecular weight is 280 g/mol. The summed E-state index contributed by atoms with van der Waals surface area (Å²) in [5.74, 6) is 0. The van der Waals surface area contributed by atoms with E-state index in [1.54, 1.807) is 0 Å². The Hall–Kier alpha value is -1.64. The molecule has 1 saturated heterocycles. The SMILES string of the molecule is [c]1ccc(-c2cccc(CCCN3CCOCC3)c2)cc1. The van der Waals surface area contributed by atoms with Crippen LogP contribution in [0.4, 0.5) is 0 Å². The number of rotatable bonds is 5. The van der Waals surface area contributed by atoms with Crippen LogP contribution in [0, 0.1) is 6.07 Å². The predicted molar refractivity (Wildman–Crippen MR) is 86.3 cm³/mol. The van der Waals surface area contributed by atoms with Crippen molar-refractivity contribution in [3.8, 4) is 11.1 Å². The molecule has 0 bridgehead atoms. The van der Waals surface area contributed by atoms with Crippen LogP contribution in [0.25, 0.3) is 11.1 Å². The molecule has 0 saturated carbocycles. The maximum Gasteiger partial charge on any atom is 0.0594 e. The van der Waals surface area contributed by atoms with Crippen LogP contribution in [0.15, 0.2) is 48.5 Å². The maximum absolute atomic E-state index is 5.38. The van der Waals surface area contributed by atoms with Crippen molar-refractivity contribution >= 4 is 0 Å². The fraction of sp³-hybridized carbons (Fsp3) is 0.368.